The van der Waals surface area contributed by atoms with Crippen molar-refractivity contribution < 1.29 is 4.39 Å². The van der Waals surface area contributed by atoms with Crippen molar-refractivity contribution in [1.29, 1.82) is 0 Å². The highest BCUT2D eigenvalue weighted by Gasteiger charge is 2.11. The Labute approximate surface area is 109 Å². The SMILES string of the molecule is CCCCC(CC)CNc1ncnc(CC)c1F. The van der Waals surface area contributed by atoms with Crippen LogP contribution in [0, 0.1) is 11.7 Å². The van der Waals surface area contributed by atoms with Gasteiger partial charge < -0.3 is 5.32 Å². The fourth-order valence-corrected chi connectivity index (χ4v) is 1.96. The number of aryl methyl sites for hydroxylation is 1. The first-order valence-electron chi connectivity index (χ1n) is 6.96. The molecule has 102 valence electrons. The van der Waals surface area contributed by atoms with E-state index in [1.54, 1.807) is 0 Å². The third kappa shape index (κ3) is 4.24. The number of anilines is 1. The Kier molecular flexibility index (Phi) is 6.61. The molecule has 4 heteroatoms. The summed E-state index contributed by atoms with van der Waals surface area (Å²) >= 11 is 0. The molecular weight excluding hydrogens is 229 g/mol. The van der Waals surface area contributed by atoms with Gasteiger partial charge in [0, 0.05) is 6.54 Å². The zero-order valence-electron chi connectivity index (χ0n) is 11.7. The predicted octanol–water partition coefficient (Wildman–Crippen LogP) is 3.81. The summed E-state index contributed by atoms with van der Waals surface area (Å²) in [5.41, 5.74) is 0.481. The number of hydrogen-bond acceptors (Lipinski definition) is 3. The van der Waals surface area contributed by atoms with Crippen molar-refractivity contribution in [3.05, 3.63) is 17.8 Å². The maximum Gasteiger partial charge on any atom is 0.186 e. The highest BCUT2D eigenvalue weighted by Crippen LogP contribution is 2.17. The van der Waals surface area contributed by atoms with Gasteiger partial charge in [0.25, 0.3) is 0 Å². The molecule has 18 heavy (non-hydrogen) atoms. The van der Waals surface area contributed by atoms with Gasteiger partial charge in [-0.25, -0.2) is 14.4 Å². The van der Waals surface area contributed by atoms with Crippen LogP contribution in [-0.4, -0.2) is 16.5 Å². The summed E-state index contributed by atoms with van der Waals surface area (Å²) in [6.45, 7) is 7.05. The molecule has 0 spiro atoms. The Morgan fingerprint density at radius 3 is 2.67 bits per heavy atom. The van der Waals surface area contributed by atoms with Gasteiger partial charge in [0.1, 0.15) is 6.33 Å². The van der Waals surface area contributed by atoms with Gasteiger partial charge in [-0.2, -0.15) is 0 Å². The van der Waals surface area contributed by atoms with Crippen molar-refractivity contribution in [2.45, 2.75) is 52.9 Å². The number of aromatic nitrogens is 2. The topological polar surface area (TPSA) is 37.8 Å². The molecule has 0 amide bonds. The van der Waals surface area contributed by atoms with Gasteiger partial charge in [-0.05, 0) is 18.8 Å². The van der Waals surface area contributed by atoms with E-state index in [0.29, 0.717) is 23.9 Å². The lowest BCUT2D eigenvalue weighted by molar-refractivity contribution is 0.470. The van der Waals surface area contributed by atoms with Crippen molar-refractivity contribution in [1.82, 2.24) is 9.97 Å². The molecule has 0 fully saturated rings. The first kappa shape index (κ1) is 14.9. The van der Waals surface area contributed by atoms with E-state index in [-0.39, 0.29) is 5.82 Å². The maximum absolute atomic E-state index is 13.9. The Hall–Kier alpha value is -1.19. The van der Waals surface area contributed by atoms with E-state index in [1.807, 2.05) is 6.92 Å². The lowest BCUT2D eigenvalue weighted by atomic mass is 9.99. The predicted molar refractivity (Wildman–Crippen MR) is 73.2 cm³/mol. The summed E-state index contributed by atoms with van der Waals surface area (Å²) < 4.78 is 13.9. The van der Waals surface area contributed by atoms with Crippen molar-refractivity contribution in [3.63, 3.8) is 0 Å². The molecule has 1 N–H and O–H groups in total. The van der Waals surface area contributed by atoms with E-state index in [1.165, 1.54) is 25.6 Å². The lowest BCUT2D eigenvalue weighted by Gasteiger charge is -2.16. The first-order chi connectivity index (χ1) is 8.72. The quantitative estimate of drug-likeness (QED) is 0.765. The number of rotatable bonds is 8. The van der Waals surface area contributed by atoms with Gasteiger partial charge >= 0.3 is 0 Å². The molecule has 0 saturated heterocycles. The van der Waals surface area contributed by atoms with Crippen LogP contribution in [0.5, 0.6) is 0 Å². The molecule has 1 rings (SSSR count). The summed E-state index contributed by atoms with van der Waals surface area (Å²) in [4.78, 5) is 7.90. The smallest absolute Gasteiger partial charge is 0.186 e. The molecule has 1 atom stereocenters. The number of unbranched alkanes of at least 4 members (excludes halogenated alkanes) is 1. The van der Waals surface area contributed by atoms with Crippen LogP contribution in [0.25, 0.3) is 0 Å². The summed E-state index contributed by atoms with van der Waals surface area (Å²) in [5.74, 6) is 0.631. The van der Waals surface area contributed by atoms with Crippen molar-refractivity contribution in [3.8, 4) is 0 Å². The van der Waals surface area contributed by atoms with Gasteiger partial charge in [0.15, 0.2) is 11.6 Å². The molecule has 0 aliphatic heterocycles. The Morgan fingerprint density at radius 1 is 1.28 bits per heavy atom. The minimum Gasteiger partial charge on any atom is -0.367 e. The minimum atomic E-state index is -0.301. The summed E-state index contributed by atoms with van der Waals surface area (Å²) in [7, 11) is 0. The zero-order chi connectivity index (χ0) is 13.4. The second-order valence-electron chi connectivity index (χ2n) is 4.63. The van der Waals surface area contributed by atoms with Crippen LogP contribution < -0.4 is 5.32 Å². The monoisotopic (exact) mass is 253 g/mol. The van der Waals surface area contributed by atoms with Crippen LogP contribution in [-0.2, 0) is 6.42 Å². The summed E-state index contributed by atoms with van der Waals surface area (Å²) in [6.07, 6.45) is 6.76. The molecule has 1 heterocycles. The Balaban J connectivity index is 2.56. The number of nitrogens with zero attached hydrogens (tertiary/aromatic N) is 2. The van der Waals surface area contributed by atoms with E-state index in [4.69, 9.17) is 0 Å². The van der Waals surface area contributed by atoms with Crippen LogP contribution in [0.2, 0.25) is 0 Å². The van der Waals surface area contributed by atoms with Gasteiger partial charge in [-0.3, -0.25) is 0 Å². The van der Waals surface area contributed by atoms with E-state index in [2.05, 4.69) is 29.1 Å². The largest absolute Gasteiger partial charge is 0.367 e. The van der Waals surface area contributed by atoms with Crippen molar-refractivity contribution in [2.75, 3.05) is 11.9 Å². The minimum absolute atomic E-state index is 0.301. The molecular formula is C14H24FN3. The summed E-state index contributed by atoms with van der Waals surface area (Å²) in [5, 5.41) is 3.12. The van der Waals surface area contributed by atoms with Crippen molar-refractivity contribution in [2.24, 2.45) is 5.92 Å². The second kappa shape index (κ2) is 8.01. The van der Waals surface area contributed by atoms with E-state index in [9.17, 15) is 4.39 Å². The molecule has 1 unspecified atom stereocenters. The highest BCUT2D eigenvalue weighted by atomic mass is 19.1. The van der Waals surface area contributed by atoms with E-state index in [0.717, 1.165) is 13.0 Å². The number of hydrogen-bond donors (Lipinski definition) is 1. The Morgan fingerprint density at radius 2 is 2.06 bits per heavy atom. The molecule has 3 nitrogen and oxygen atoms in total. The van der Waals surface area contributed by atoms with Gasteiger partial charge in [-0.15, -0.1) is 0 Å². The number of halogens is 1. The zero-order valence-corrected chi connectivity index (χ0v) is 11.7. The van der Waals surface area contributed by atoms with Gasteiger partial charge in [-0.1, -0.05) is 40.0 Å². The van der Waals surface area contributed by atoms with Crippen LogP contribution >= 0.6 is 0 Å². The molecule has 0 aliphatic carbocycles. The molecule has 1 aromatic rings. The molecule has 0 saturated carbocycles. The molecule has 0 bridgehead atoms. The van der Waals surface area contributed by atoms with Crippen LogP contribution in [0.1, 0.15) is 52.1 Å². The summed E-state index contributed by atoms with van der Waals surface area (Å²) in [6, 6.07) is 0. The maximum atomic E-state index is 13.9. The third-order valence-electron chi connectivity index (χ3n) is 3.30. The highest BCUT2D eigenvalue weighted by molar-refractivity contribution is 5.37. The molecule has 0 aromatic carbocycles. The molecule has 0 radical (unpaired) electrons. The van der Waals surface area contributed by atoms with E-state index >= 15 is 0 Å². The Bertz CT molecular complexity index is 355. The standard InChI is InChI=1S/C14H24FN3/c1-4-7-8-11(5-2)9-16-14-13(15)12(6-3)17-10-18-14/h10-11H,4-9H2,1-3H3,(H,16,17,18). The third-order valence-corrected chi connectivity index (χ3v) is 3.30. The second-order valence-corrected chi connectivity index (χ2v) is 4.63. The fraction of sp³-hybridized carbons (Fsp3) is 0.714. The lowest BCUT2D eigenvalue weighted by Crippen LogP contribution is -2.16. The van der Waals surface area contributed by atoms with Crippen molar-refractivity contribution >= 4 is 5.82 Å². The van der Waals surface area contributed by atoms with Crippen LogP contribution in [0.3, 0.4) is 0 Å². The normalized spacial score (nSPS) is 12.4. The number of nitrogens with one attached hydrogen (secondary N) is 1. The molecule has 1 aromatic heterocycles. The average Bonchev–Trinajstić information content (AvgIpc) is 2.40. The first-order valence-corrected chi connectivity index (χ1v) is 6.96. The average molecular weight is 253 g/mol. The van der Waals surface area contributed by atoms with Crippen LogP contribution in [0.15, 0.2) is 6.33 Å². The van der Waals surface area contributed by atoms with Crippen LogP contribution in [0.4, 0.5) is 10.2 Å². The van der Waals surface area contributed by atoms with Gasteiger partial charge in [0.05, 0.1) is 5.69 Å². The van der Waals surface area contributed by atoms with E-state index < -0.39 is 0 Å². The fourth-order valence-electron chi connectivity index (χ4n) is 1.96. The van der Waals surface area contributed by atoms with Gasteiger partial charge in [0.2, 0.25) is 0 Å². The molecule has 0 aliphatic rings.